The average Bonchev–Trinajstić information content (AvgIpc) is 2.54. The van der Waals surface area contributed by atoms with E-state index in [4.69, 9.17) is 10.2 Å². The second-order valence-corrected chi connectivity index (χ2v) is 4.96. The summed E-state index contributed by atoms with van der Waals surface area (Å²) in [7, 11) is 0. The van der Waals surface area contributed by atoms with Gasteiger partial charge in [-0.05, 0) is 18.6 Å². The van der Waals surface area contributed by atoms with Gasteiger partial charge in [0.15, 0.2) is 0 Å². The number of rotatable bonds is 7. The van der Waals surface area contributed by atoms with E-state index in [1.54, 1.807) is 18.2 Å². The Hall–Kier alpha value is -3.30. The van der Waals surface area contributed by atoms with Gasteiger partial charge >= 0.3 is 11.9 Å². The van der Waals surface area contributed by atoms with Crippen molar-refractivity contribution in [3.8, 4) is 0 Å². The molecule has 1 atom stereocenters. The van der Waals surface area contributed by atoms with Crippen LogP contribution < -0.4 is 10.9 Å². The summed E-state index contributed by atoms with van der Waals surface area (Å²) in [6, 6.07) is 5.10. The predicted octanol–water partition coefficient (Wildman–Crippen LogP) is -0.774. The Morgan fingerprint density at radius 2 is 1.92 bits per heavy atom. The average molecular weight is 334 g/mol. The van der Waals surface area contributed by atoms with Gasteiger partial charge in [0.25, 0.3) is 5.56 Å². The van der Waals surface area contributed by atoms with E-state index in [-0.39, 0.29) is 11.8 Å². The van der Waals surface area contributed by atoms with Crippen molar-refractivity contribution in [2.24, 2.45) is 0 Å². The van der Waals surface area contributed by atoms with Gasteiger partial charge in [0.2, 0.25) is 5.91 Å². The number of hydrogen-bond donors (Lipinski definition) is 3. The van der Waals surface area contributed by atoms with E-state index >= 15 is 0 Å². The van der Waals surface area contributed by atoms with Crippen LogP contribution in [0.25, 0.3) is 10.9 Å². The molecular weight excluding hydrogens is 320 g/mol. The first-order valence-electron chi connectivity index (χ1n) is 6.95. The number of nitrogens with zero attached hydrogens (tertiary/aromatic N) is 3. The summed E-state index contributed by atoms with van der Waals surface area (Å²) in [5, 5.41) is 27.5. The predicted molar refractivity (Wildman–Crippen MR) is 80.2 cm³/mol. The van der Waals surface area contributed by atoms with E-state index in [9.17, 15) is 19.2 Å². The highest BCUT2D eigenvalue weighted by Crippen LogP contribution is 2.03. The Balaban J connectivity index is 2.11. The van der Waals surface area contributed by atoms with Crippen LogP contribution >= 0.6 is 0 Å². The fraction of sp³-hybridized carbons (Fsp3) is 0.286. The molecule has 0 fully saturated rings. The molecule has 2 rings (SSSR count). The standard InChI is InChI=1S/C14H14N4O6/c19-11(15-10(14(23)24)5-6-12(20)21)7-18-13(22)8-3-1-2-4-9(8)16-17-18/h1-4,10H,5-7H2,(H,15,19)(H,20,21)(H,23,24)/t10-/m1/s1. The molecule has 1 aromatic carbocycles. The molecule has 3 N–H and O–H groups in total. The molecule has 0 bridgehead atoms. The van der Waals surface area contributed by atoms with Crippen LogP contribution in [0.5, 0.6) is 0 Å². The number of carboxylic acids is 2. The summed E-state index contributed by atoms with van der Waals surface area (Å²) in [5.74, 6) is -3.31. The molecule has 1 amide bonds. The van der Waals surface area contributed by atoms with Crippen LogP contribution in [0.2, 0.25) is 0 Å². The lowest BCUT2D eigenvalue weighted by molar-refractivity contribution is -0.143. The first kappa shape index (κ1) is 17.1. The number of hydrogen-bond acceptors (Lipinski definition) is 6. The first-order chi connectivity index (χ1) is 11.4. The third-order valence-electron chi connectivity index (χ3n) is 3.20. The highest BCUT2D eigenvalue weighted by molar-refractivity contribution is 5.84. The van der Waals surface area contributed by atoms with Gasteiger partial charge in [0.05, 0.1) is 5.39 Å². The number of carbonyl (C=O) groups is 3. The van der Waals surface area contributed by atoms with Crippen LogP contribution in [0, 0.1) is 0 Å². The quantitative estimate of drug-likeness (QED) is 0.596. The topological polar surface area (TPSA) is 151 Å². The summed E-state index contributed by atoms with van der Waals surface area (Å²) >= 11 is 0. The summed E-state index contributed by atoms with van der Waals surface area (Å²) in [6.45, 7) is -0.520. The Morgan fingerprint density at radius 1 is 1.21 bits per heavy atom. The van der Waals surface area contributed by atoms with Gasteiger partial charge in [-0.1, -0.05) is 17.3 Å². The van der Waals surface area contributed by atoms with E-state index in [0.29, 0.717) is 5.52 Å². The molecule has 0 aliphatic heterocycles. The van der Waals surface area contributed by atoms with Crippen molar-refractivity contribution >= 4 is 28.7 Å². The zero-order chi connectivity index (χ0) is 17.7. The SMILES string of the molecule is O=C(O)CC[C@@H](NC(=O)Cn1nnc2ccccc2c1=O)C(=O)O. The minimum atomic E-state index is -1.36. The van der Waals surface area contributed by atoms with Crippen LogP contribution in [-0.2, 0) is 20.9 Å². The van der Waals surface area contributed by atoms with Gasteiger partial charge in [-0.3, -0.25) is 14.4 Å². The highest BCUT2D eigenvalue weighted by Gasteiger charge is 2.21. The minimum Gasteiger partial charge on any atom is -0.481 e. The maximum Gasteiger partial charge on any atom is 0.326 e. The highest BCUT2D eigenvalue weighted by atomic mass is 16.4. The summed E-state index contributed by atoms with van der Waals surface area (Å²) in [5.41, 5.74) is -0.155. The van der Waals surface area contributed by atoms with Gasteiger partial charge in [-0.25, -0.2) is 9.48 Å². The number of aliphatic carboxylic acids is 2. The number of carbonyl (C=O) groups excluding carboxylic acids is 1. The molecule has 126 valence electrons. The molecule has 2 aromatic rings. The zero-order valence-corrected chi connectivity index (χ0v) is 12.4. The molecule has 0 unspecified atom stereocenters. The van der Waals surface area contributed by atoms with Crippen molar-refractivity contribution in [1.29, 1.82) is 0 Å². The maximum atomic E-state index is 12.2. The van der Waals surface area contributed by atoms with Crippen molar-refractivity contribution in [1.82, 2.24) is 20.3 Å². The Morgan fingerprint density at radius 3 is 2.58 bits per heavy atom. The van der Waals surface area contributed by atoms with Crippen molar-refractivity contribution in [3.63, 3.8) is 0 Å². The molecule has 1 aromatic heterocycles. The third-order valence-corrected chi connectivity index (χ3v) is 3.20. The number of aromatic nitrogens is 3. The molecule has 0 spiro atoms. The van der Waals surface area contributed by atoms with Crippen LogP contribution in [0.15, 0.2) is 29.1 Å². The zero-order valence-electron chi connectivity index (χ0n) is 12.4. The Labute approximate surface area is 134 Å². The normalized spacial score (nSPS) is 11.8. The van der Waals surface area contributed by atoms with Gasteiger partial charge < -0.3 is 15.5 Å². The minimum absolute atomic E-state index is 0.269. The number of fused-ring (bicyclic) bond motifs is 1. The largest absolute Gasteiger partial charge is 0.481 e. The number of amides is 1. The fourth-order valence-electron chi connectivity index (χ4n) is 2.03. The summed E-state index contributed by atoms with van der Waals surface area (Å²) in [4.78, 5) is 45.6. The first-order valence-corrected chi connectivity index (χ1v) is 6.95. The molecule has 0 aliphatic carbocycles. The van der Waals surface area contributed by atoms with Crippen molar-refractivity contribution < 1.29 is 24.6 Å². The third kappa shape index (κ3) is 4.12. The number of benzene rings is 1. The van der Waals surface area contributed by atoms with Crippen LogP contribution in [0.4, 0.5) is 0 Å². The van der Waals surface area contributed by atoms with E-state index in [1.165, 1.54) is 6.07 Å². The lowest BCUT2D eigenvalue weighted by Gasteiger charge is -2.13. The molecule has 1 heterocycles. The lowest BCUT2D eigenvalue weighted by Crippen LogP contribution is -2.44. The number of nitrogens with one attached hydrogen (secondary N) is 1. The van der Waals surface area contributed by atoms with E-state index < -0.39 is 42.4 Å². The van der Waals surface area contributed by atoms with E-state index in [0.717, 1.165) is 4.68 Å². The second-order valence-electron chi connectivity index (χ2n) is 4.96. The van der Waals surface area contributed by atoms with Crippen molar-refractivity contribution in [2.75, 3.05) is 0 Å². The van der Waals surface area contributed by atoms with Gasteiger partial charge in [-0.2, -0.15) is 0 Å². The fourth-order valence-corrected chi connectivity index (χ4v) is 2.03. The number of carboxylic acid groups (broad SMARTS) is 2. The monoisotopic (exact) mass is 334 g/mol. The molecule has 0 saturated carbocycles. The molecule has 0 radical (unpaired) electrons. The Kier molecular flexibility index (Phi) is 5.20. The van der Waals surface area contributed by atoms with Gasteiger partial charge in [0, 0.05) is 6.42 Å². The molecule has 24 heavy (non-hydrogen) atoms. The van der Waals surface area contributed by atoms with E-state index in [2.05, 4.69) is 15.6 Å². The lowest BCUT2D eigenvalue weighted by atomic mass is 10.1. The molecule has 0 aliphatic rings. The van der Waals surface area contributed by atoms with Crippen LogP contribution in [0.1, 0.15) is 12.8 Å². The van der Waals surface area contributed by atoms with Crippen LogP contribution in [0.3, 0.4) is 0 Å². The maximum absolute atomic E-state index is 12.2. The van der Waals surface area contributed by atoms with Gasteiger partial charge in [0.1, 0.15) is 18.1 Å². The molecule has 10 heteroatoms. The van der Waals surface area contributed by atoms with E-state index in [1.807, 2.05) is 0 Å². The Bertz CT molecular complexity index is 847. The second kappa shape index (κ2) is 7.31. The van der Waals surface area contributed by atoms with Crippen molar-refractivity contribution in [2.45, 2.75) is 25.4 Å². The summed E-state index contributed by atoms with van der Waals surface area (Å²) in [6.07, 6.45) is -0.679. The smallest absolute Gasteiger partial charge is 0.326 e. The summed E-state index contributed by atoms with van der Waals surface area (Å²) < 4.78 is 0.813. The van der Waals surface area contributed by atoms with Gasteiger partial charge in [-0.15, -0.1) is 5.10 Å². The molecule has 0 saturated heterocycles. The molecular formula is C14H14N4O6. The van der Waals surface area contributed by atoms with Crippen LogP contribution in [-0.4, -0.2) is 49.1 Å². The van der Waals surface area contributed by atoms with Crippen molar-refractivity contribution in [3.05, 3.63) is 34.6 Å². The molecule has 10 nitrogen and oxygen atoms in total.